The number of nitrogens with one attached hydrogen (secondary N) is 1. The fourth-order valence-corrected chi connectivity index (χ4v) is 2.70. The molecule has 2 atom stereocenters. The van der Waals surface area contributed by atoms with E-state index in [0.717, 1.165) is 5.92 Å². The van der Waals surface area contributed by atoms with Gasteiger partial charge in [-0.05, 0) is 66.0 Å². The number of hydrogen-bond acceptors (Lipinski definition) is 1. The molecule has 0 aromatic heterocycles. The molecule has 2 rings (SSSR count). The first kappa shape index (κ1) is 10.3. The van der Waals surface area contributed by atoms with Crippen molar-refractivity contribution in [2.75, 3.05) is 5.32 Å². The minimum atomic E-state index is 0.697. The molecule has 1 aromatic carbocycles. The molecule has 0 saturated heterocycles. The zero-order valence-corrected chi connectivity index (χ0v) is 10.6. The molecule has 1 nitrogen and oxygen atoms in total. The minimum Gasteiger partial charge on any atom is -0.382 e. The average Bonchev–Trinajstić information content (AvgIpc) is 2.51. The van der Waals surface area contributed by atoms with Crippen LogP contribution in [-0.2, 0) is 0 Å². The Hall–Kier alpha value is -0.250. The molecule has 0 radical (unpaired) electrons. The molecular formula is C12H16IN. The van der Waals surface area contributed by atoms with Gasteiger partial charge >= 0.3 is 0 Å². The Morgan fingerprint density at radius 3 is 2.86 bits per heavy atom. The van der Waals surface area contributed by atoms with Crippen molar-refractivity contribution in [3.63, 3.8) is 0 Å². The zero-order chi connectivity index (χ0) is 9.97. The average molecular weight is 301 g/mol. The van der Waals surface area contributed by atoms with E-state index in [-0.39, 0.29) is 0 Å². The predicted octanol–water partition coefficient (Wildman–Crippen LogP) is 3.89. The molecular weight excluding hydrogens is 285 g/mol. The van der Waals surface area contributed by atoms with Crippen LogP contribution in [0.5, 0.6) is 0 Å². The molecule has 1 aliphatic rings. The van der Waals surface area contributed by atoms with Crippen molar-refractivity contribution in [3.05, 3.63) is 27.8 Å². The smallest absolute Gasteiger partial charge is 0.0352 e. The highest BCUT2D eigenvalue weighted by Gasteiger charge is 2.20. The highest BCUT2D eigenvalue weighted by Crippen LogP contribution is 2.27. The van der Waals surface area contributed by atoms with Crippen molar-refractivity contribution >= 4 is 28.3 Å². The SMILES string of the molecule is CC1CCC(Nc2cccc(I)c2)C1. The van der Waals surface area contributed by atoms with Crippen LogP contribution in [0.25, 0.3) is 0 Å². The number of hydrogen-bond donors (Lipinski definition) is 1. The number of benzene rings is 1. The van der Waals surface area contributed by atoms with E-state index in [4.69, 9.17) is 0 Å². The third kappa shape index (κ3) is 2.62. The molecule has 0 amide bonds. The summed E-state index contributed by atoms with van der Waals surface area (Å²) in [6.07, 6.45) is 4.03. The Kier molecular flexibility index (Phi) is 3.31. The highest BCUT2D eigenvalue weighted by molar-refractivity contribution is 14.1. The quantitative estimate of drug-likeness (QED) is 0.817. The van der Waals surface area contributed by atoms with E-state index in [1.54, 1.807) is 0 Å². The van der Waals surface area contributed by atoms with Crippen molar-refractivity contribution in [2.24, 2.45) is 5.92 Å². The maximum atomic E-state index is 3.61. The zero-order valence-electron chi connectivity index (χ0n) is 8.46. The third-order valence-corrected chi connectivity index (χ3v) is 3.56. The monoisotopic (exact) mass is 301 g/mol. The van der Waals surface area contributed by atoms with E-state index in [0.29, 0.717) is 6.04 Å². The molecule has 2 heteroatoms. The topological polar surface area (TPSA) is 12.0 Å². The van der Waals surface area contributed by atoms with Crippen LogP contribution in [0.15, 0.2) is 24.3 Å². The van der Waals surface area contributed by atoms with Gasteiger partial charge in [0, 0.05) is 15.3 Å². The molecule has 1 N–H and O–H groups in total. The molecule has 0 heterocycles. The van der Waals surface area contributed by atoms with Gasteiger partial charge in [0.1, 0.15) is 0 Å². The normalized spacial score (nSPS) is 26.4. The van der Waals surface area contributed by atoms with Crippen molar-refractivity contribution in [1.82, 2.24) is 0 Å². The van der Waals surface area contributed by atoms with E-state index < -0.39 is 0 Å². The lowest BCUT2D eigenvalue weighted by atomic mass is 10.1. The van der Waals surface area contributed by atoms with Gasteiger partial charge in [-0.15, -0.1) is 0 Å². The van der Waals surface area contributed by atoms with E-state index in [1.807, 2.05) is 0 Å². The molecule has 76 valence electrons. The van der Waals surface area contributed by atoms with Crippen LogP contribution in [0.3, 0.4) is 0 Å². The Labute approximate surface area is 99.4 Å². The molecule has 0 spiro atoms. The summed E-state index contributed by atoms with van der Waals surface area (Å²) in [5, 5.41) is 3.61. The summed E-state index contributed by atoms with van der Waals surface area (Å²) in [4.78, 5) is 0. The lowest BCUT2D eigenvalue weighted by Gasteiger charge is -2.13. The van der Waals surface area contributed by atoms with Gasteiger partial charge in [0.2, 0.25) is 0 Å². The van der Waals surface area contributed by atoms with Gasteiger partial charge in [-0.3, -0.25) is 0 Å². The van der Waals surface area contributed by atoms with Crippen molar-refractivity contribution < 1.29 is 0 Å². The minimum absolute atomic E-state index is 0.697. The van der Waals surface area contributed by atoms with Gasteiger partial charge in [-0.25, -0.2) is 0 Å². The largest absolute Gasteiger partial charge is 0.382 e. The summed E-state index contributed by atoms with van der Waals surface area (Å²) in [7, 11) is 0. The first-order chi connectivity index (χ1) is 6.74. The van der Waals surface area contributed by atoms with Crippen molar-refractivity contribution in [1.29, 1.82) is 0 Å². The van der Waals surface area contributed by atoms with Gasteiger partial charge in [0.15, 0.2) is 0 Å². The van der Waals surface area contributed by atoms with Crippen LogP contribution in [-0.4, -0.2) is 6.04 Å². The van der Waals surface area contributed by atoms with E-state index >= 15 is 0 Å². The van der Waals surface area contributed by atoms with Crippen LogP contribution in [0.4, 0.5) is 5.69 Å². The van der Waals surface area contributed by atoms with Crippen LogP contribution in [0.1, 0.15) is 26.2 Å². The van der Waals surface area contributed by atoms with Gasteiger partial charge in [-0.2, -0.15) is 0 Å². The summed E-state index contributed by atoms with van der Waals surface area (Å²) in [5.41, 5.74) is 1.27. The van der Waals surface area contributed by atoms with Crippen LogP contribution in [0.2, 0.25) is 0 Å². The highest BCUT2D eigenvalue weighted by atomic mass is 127. The van der Waals surface area contributed by atoms with Gasteiger partial charge in [0.05, 0.1) is 0 Å². The maximum Gasteiger partial charge on any atom is 0.0352 e. The Morgan fingerprint density at radius 1 is 1.36 bits per heavy atom. The predicted molar refractivity (Wildman–Crippen MR) is 69.6 cm³/mol. The molecule has 0 bridgehead atoms. The Bertz CT molecular complexity index is 311. The second-order valence-corrected chi connectivity index (χ2v) is 5.52. The Morgan fingerprint density at radius 2 is 2.21 bits per heavy atom. The first-order valence-electron chi connectivity index (χ1n) is 5.26. The number of anilines is 1. The number of rotatable bonds is 2. The molecule has 1 aliphatic carbocycles. The van der Waals surface area contributed by atoms with Crippen LogP contribution in [0, 0.1) is 9.49 Å². The maximum absolute atomic E-state index is 3.61. The lowest BCUT2D eigenvalue weighted by Crippen LogP contribution is -2.15. The molecule has 1 saturated carbocycles. The summed E-state index contributed by atoms with van der Waals surface area (Å²) in [5.74, 6) is 0.898. The Balaban J connectivity index is 1.97. The van der Waals surface area contributed by atoms with Gasteiger partial charge in [-0.1, -0.05) is 13.0 Å². The fraction of sp³-hybridized carbons (Fsp3) is 0.500. The number of halogens is 1. The first-order valence-corrected chi connectivity index (χ1v) is 6.34. The lowest BCUT2D eigenvalue weighted by molar-refractivity contribution is 0.602. The summed E-state index contributed by atoms with van der Waals surface area (Å²) < 4.78 is 1.30. The molecule has 1 aromatic rings. The van der Waals surface area contributed by atoms with Crippen LogP contribution < -0.4 is 5.32 Å². The molecule has 0 aliphatic heterocycles. The summed E-state index contributed by atoms with van der Waals surface area (Å²) >= 11 is 2.36. The summed E-state index contributed by atoms with van der Waals surface area (Å²) in [6.45, 7) is 2.34. The second-order valence-electron chi connectivity index (χ2n) is 4.27. The third-order valence-electron chi connectivity index (χ3n) is 2.89. The van der Waals surface area contributed by atoms with Crippen molar-refractivity contribution in [2.45, 2.75) is 32.2 Å². The van der Waals surface area contributed by atoms with Gasteiger partial charge < -0.3 is 5.32 Å². The van der Waals surface area contributed by atoms with Gasteiger partial charge in [0.25, 0.3) is 0 Å². The fourth-order valence-electron chi connectivity index (χ4n) is 2.15. The van der Waals surface area contributed by atoms with Crippen LogP contribution >= 0.6 is 22.6 Å². The molecule has 14 heavy (non-hydrogen) atoms. The van der Waals surface area contributed by atoms with E-state index in [1.165, 1.54) is 28.5 Å². The second kappa shape index (κ2) is 4.51. The standard InChI is InChI=1S/C12H16IN/c1-9-5-6-12(7-9)14-11-4-2-3-10(13)8-11/h2-4,8-9,12,14H,5-7H2,1H3. The molecule has 1 fully saturated rings. The van der Waals surface area contributed by atoms with Crippen molar-refractivity contribution in [3.8, 4) is 0 Å². The van der Waals surface area contributed by atoms with E-state index in [9.17, 15) is 0 Å². The summed E-state index contributed by atoms with van der Waals surface area (Å²) in [6, 6.07) is 9.31. The molecule has 2 unspecified atom stereocenters. The van der Waals surface area contributed by atoms with E-state index in [2.05, 4.69) is 59.1 Å².